The molecule has 1 amide bonds. The molecule has 0 atom stereocenters. The number of phenols is 1. The zero-order valence-electron chi connectivity index (χ0n) is 10.5. The number of amides is 1. The van der Waals surface area contributed by atoms with Gasteiger partial charge in [-0.15, -0.1) is 0 Å². The van der Waals surface area contributed by atoms with E-state index in [0.717, 1.165) is 0 Å². The van der Waals surface area contributed by atoms with Crippen LogP contribution in [0.25, 0.3) is 0 Å². The third-order valence-electron chi connectivity index (χ3n) is 2.65. The largest absolute Gasteiger partial charge is 0.507 e. The molecule has 0 radical (unpaired) electrons. The molecular weight excluding hydrogens is 301 g/mol. The molecule has 6 heteroatoms. The van der Waals surface area contributed by atoms with Crippen LogP contribution in [0.1, 0.15) is 10.4 Å². The SMILES string of the molecule is COc1cccc(O)c1C(=O)Nc1c(Cl)cccc1Cl. The van der Waals surface area contributed by atoms with E-state index in [1.54, 1.807) is 30.3 Å². The fourth-order valence-corrected chi connectivity index (χ4v) is 2.20. The van der Waals surface area contributed by atoms with Crippen LogP contribution in [0, 0.1) is 0 Å². The van der Waals surface area contributed by atoms with E-state index in [2.05, 4.69) is 5.32 Å². The first-order valence-electron chi connectivity index (χ1n) is 5.66. The number of anilines is 1. The number of para-hydroxylation sites is 1. The van der Waals surface area contributed by atoms with Gasteiger partial charge in [0, 0.05) is 0 Å². The Morgan fingerprint density at radius 1 is 1.15 bits per heavy atom. The highest BCUT2D eigenvalue weighted by Gasteiger charge is 2.19. The number of carbonyl (C=O) groups is 1. The Morgan fingerprint density at radius 3 is 2.35 bits per heavy atom. The van der Waals surface area contributed by atoms with Crippen molar-refractivity contribution in [2.24, 2.45) is 0 Å². The molecule has 20 heavy (non-hydrogen) atoms. The summed E-state index contributed by atoms with van der Waals surface area (Å²) in [4.78, 5) is 12.3. The van der Waals surface area contributed by atoms with E-state index in [1.807, 2.05) is 0 Å². The third kappa shape index (κ3) is 2.81. The Balaban J connectivity index is 2.39. The van der Waals surface area contributed by atoms with Gasteiger partial charge in [0.15, 0.2) is 0 Å². The molecule has 4 nitrogen and oxygen atoms in total. The van der Waals surface area contributed by atoms with Gasteiger partial charge in [0.2, 0.25) is 0 Å². The average molecular weight is 312 g/mol. The number of aromatic hydroxyl groups is 1. The number of phenolic OH excluding ortho intramolecular Hbond substituents is 1. The fraction of sp³-hybridized carbons (Fsp3) is 0.0714. The van der Waals surface area contributed by atoms with Crippen molar-refractivity contribution < 1.29 is 14.6 Å². The first-order chi connectivity index (χ1) is 9.54. The number of nitrogens with one attached hydrogen (secondary N) is 1. The van der Waals surface area contributed by atoms with E-state index >= 15 is 0 Å². The Bertz CT molecular complexity index is 639. The Morgan fingerprint density at radius 2 is 1.75 bits per heavy atom. The van der Waals surface area contributed by atoms with Gasteiger partial charge in [-0.25, -0.2) is 0 Å². The molecule has 2 aromatic rings. The van der Waals surface area contributed by atoms with Gasteiger partial charge in [-0.2, -0.15) is 0 Å². The van der Waals surface area contributed by atoms with Crippen LogP contribution < -0.4 is 10.1 Å². The molecule has 0 aliphatic rings. The van der Waals surface area contributed by atoms with Crippen LogP contribution in [0.15, 0.2) is 36.4 Å². The molecule has 0 unspecified atom stereocenters. The van der Waals surface area contributed by atoms with E-state index < -0.39 is 5.91 Å². The van der Waals surface area contributed by atoms with Crippen LogP contribution in [0.5, 0.6) is 11.5 Å². The van der Waals surface area contributed by atoms with Gasteiger partial charge < -0.3 is 15.2 Å². The minimum absolute atomic E-state index is 0.0194. The van der Waals surface area contributed by atoms with E-state index in [0.29, 0.717) is 10.0 Å². The lowest BCUT2D eigenvalue weighted by Gasteiger charge is -2.12. The van der Waals surface area contributed by atoms with Gasteiger partial charge in [0.05, 0.1) is 22.8 Å². The Hall–Kier alpha value is -1.91. The van der Waals surface area contributed by atoms with Crippen molar-refractivity contribution in [3.63, 3.8) is 0 Å². The Labute approximate surface area is 125 Å². The zero-order valence-corrected chi connectivity index (χ0v) is 12.0. The predicted molar refractivity (Wildman–Crippen MR) is 79.1 cm³/mol. The second-order valence-electron chi connectivity index (χ2n) is 3.91. The highest BCUT2D eigenvalue weighted by atomic mass is 35.5. The van der Waals surface area contributed by atoms with E-state index in [4.69, 9.17) is 27.9 Å². The molecule has 0 fully saturated rings. The van der Waals surface area contributed by atoms with Crippen molar-refractivity contribution in [1.29, 1.82) is 0 Å². The number of ether oxygens (including phenoxy) is 1. The summed E-state index contributed by atoms with van der Waals surface area (Å²) < 4.78 is 5.06. The summed E-state index contributed by atoms with van der Waals surface area (Å²) >= 11 is 12.0. The maximum absolute atomic E-state index is 12.3. The van der Waals surface area contributed by atoms with Gasteiger partial charge in [0.25, 0.3) is 5.91 Å². The molecule has 0 aliphatic carbocycles. The van der Waals surface area contributed by atoms with Crippen LogP contribution >= 0.6 is 23.2 Å². The summed E-state index contributed by atoms with van der Waals surface area (Å²) in [6, 6.07) is 9.42. The fourth-order valence-electron chi connectivity index (χ4n) is 1.71. The standard InChI is InChI=1S/C14H11Cl2NO3/c1-20-11-7-3-6-10(18)12(11)14(19)17-13-8(15)4-2-5-9(13)16/h2-7,18H,1H3,(H,17,19). The van der Waals surface area contributed by atoms with Crippen LogP contribution in [-0.2, 0) is 0 Å². The molecule has 0 aromatic heterocycles. The van der Waals surface area contributed by atoms with E-state index in [9.17, 15) is 9.90 Å². The highest BCUT2D eigenvalue weighted by Crippen LogP contribution is 2.33. The van der Waals surface area contributed by atoms with Crippen molar-refractivity contribution in [2.75, 3.05) is 12.4 Å². The Kier molecular flexibility index (Phi) is 4.37. The smallest absolute Gasteiger partial charge is 0.263 e. The summed E-state index contributed by atoms with van der Waals surface area (Å²) in [5.74, 6) is -0.495. The first-order valence-corrected chi connectivity index (χ1v) is 6.41. The maximum Gasteiger partial charge on any atom is 0.263 e. The number of hydrogen-bond donors (Lipinski definition) is 2. The van der Waals surface area contributed by atoms with Gasteiger partial charge in [-0.1, -0.05) is 35.3 Å². The summed E-state index contributed by atoms with van der Waals surface area (Å²) in [5.41, 5.74) is 0.303. The molecule has 2 N–H and O–H groups in total. The minimum Gasteiger partial charge on any atom is -0.507 e. The number of rotatable bonds is 3. The van der Waals surface area contributed by atoms with Crippen molar-refractivity contribution in [2.45, 2.75) is 0 Å². The van der Waals surface area contributed by atoms with Crippen LogP contribution in [0.3, 0.4) is 0 Å². The lowest BCUT2D eigenvalue weighted by molar-refractivity contribution is 0.102. The van der Waals surface area contributed by atoms with E-state index in [-0.39, 0.29) is 22.7 Å². The molecule has 2 aromatic carbocycles. The second kappa shape index (κ2) is 6.03. The molecule has 104 valence electrons. The van der Waals surface area contributed by atoms with Crippen LogP contribution in [-0.4, -0.2) is 18.1 Å². The van der Waals surface area contributed by atoms with Gasteiger partial charge in [-0.05, 0) is 24.3 Å². The first kappa shape index (κ1) is 14.5. The quantitative estimate of drug-likeness (QED) is 0.902. The van der Waals surface area contributed by atoms with Gasteiger partial charge >= 0.3 is 0 Å². The lowest BCUT2D eigenvalue weighted by atomic mass is 10.1. The molecule has 0 spiro atoms. The summed E-state index contributed by atoms with van der Waals surface area (Å²) in [6.45, 7) is 0. The van der Waals surface area contributed by atoms with Crippen molar-refractivity contribution in [1.82, 2.24) is 0 Å². The van der Waals surface area contributed by atoms with Gasteiger partial charge in [0.1, 0.15) is 17.1 Å². The van der Waals surface area contributed by atoms with Crippen molar-refractivity contribution in [3.8, 4) is 11.5 Å². The number of carbonyl (C=O) groups excluding carboxylic acids is 1. The van der Waals surface area contributed by atoms with Crippen LogP contribution in [0.2, 0.25) is 10.0 Å². The second-order valence-corrected chi connectivity index (χ2v) is 4.72. The number of benzene rings is 2. The molecule has 0 bridgehead atoms. The molecule has 0 saturated carbocycles. The molecular formula is C14H11Cl2NO3. The summed E-state index contributed by atoms with van der Waals surface area (Å²) in [6.07, 6.45) is 0. The van der Waals surface area contributed by atoms with Crippen molar-refractivity contribution in [3.05, 3.63) is 52.0 Å². The van der Waals surface area contributed by atoms with Gasteiger partial charge in [-0.3, -0.25) is 4.79 Å². The monoisotopic (exact) mass is 311 g/mol. The minimum atomic E-state index is -0.560. The number of hydrogen-bond acceptors (Lipinski definition) is 3. The predicted octanol–water partition coefficient (Wildman–Crippen LogP) is 3.96. The topological polar surface area (TPSA) is 58.6 Å². The summed E-state index contributed by atoms with van der Waals surface area (Å²) in [5, 5.41) is 13.0. The lowest BCUT2D eigenvalue weighted by Crippen LogP contribution is -2.14. The molecule has 0 aliphatic heterocycles. The maximum atomic E-state index is 12.3. The molecule has 0 heterocycles. The number of halogens is 2. The molecule has 2 rings (SSSR count). The van der Waals surface area contributed by atoms with Crippen molar-refractivity contribution >= 4 is 34.8 Å². The highest BCUT2D eigenvalue weighted by molar-refractivity contribution is 6.40. The van der Waals surface area contributed by atoms with E-state index in [1.165, 1.54) is 13.2 Å². The number of methoxy groups -OCH3 is 1. The zero-order chi connectivity index (χ0) is 14.7. The third-order valence-corrected chi connectivity index (χ3v) is 3.28. The average Bonchev–Trinajstić information content (AvgIpc) is 2.42. The normalized spacial score (nSPS) is 10.2. The van der Waals surface area contributed by atoms with Crippen LogP contribution in [0.4, 0.5) is 5.69 Å². The molecule has 0 saturated heterocycles. The summed E-state index contributed by atoms with van der Waals surface area (Å²) in [7, 11) is 1.41.